The Hall–Kier alpha value is -0.0400. The molecule has 76 valence electrons. The standard InChI is InChI=1S/C12H22O/c1-4-12(3,5-2)10-8-9-6-7-11(10)13-9/h9-11H,4-8H2,1-3H3. The fourth-order valence-electron chi connectivity index (χ4n) is 3.15. The molecule has 0 aromatic rings. The number of rotatable bonds is 3. The second-order valence-corrected chi connectivity index (χ2v) is 5.08. The van der Waals surface area contributed by atoms with E-state index in [1.165, 1.54) is 32.1 Å². The highest BCUT2D eigenvalue weighted by Gasteiger charge is 2.47. The van der Waals surface area contributed by atoms with E-state index in [-0.39, 0.29) is 0 Å². The van der Waals surface area contributed by atoms with Crippen molar-refractivity contribution in [2.75, 3.05) is 0 Å². The third-order valence-corrected chi connectivity index (χ3v) is 4.62. The zero-order chi connectivity index (χ0) is 9.47. The summed E-state index contributed by atoms with van der Waals surface area (Å²) in [6.07, 6.45) is 7.82. The average molecular weight is 182 g/mol. The van der Waals surface area contributed by atoms with Gasteiger partial charge in [0.25, 0.3) is 0 Å². The molecule has 2 bridgehead atoms. The van der Waals surface area contributed by atoms with Gasteiger partial charge in [-0.3, -0.25) is 0 Å². The minimum absolute atomic E-state index is 0.542. The van der Waals surface area contributed by atoms with Crippen LogP contribution in [-0.4, -0.2) is 12.2 Å². The van der Waals surface area contributed by atoms with E-state index in [1.54, 1.807) is 0 Å². The molecule has 0 N–H and O–H groups in total. The Kier molecular flexibility index (Phi) is 2.39. The van der Waals surface area contributed by atoms with E-state index < -0.39 is 0 Å². The van der Waals surface area contributed by atoms with Gasteiger partial charge < -0.3 is 4.74 Å². The molecule has 1 nitrogen and oxygen atoms in total. The predicted molar refractivity (Wildman–Crippen MR) is 54.7 cm³/mol. The van der Waals surface area contributed by atoms with Crippen molar-refractivity contribution >= 4 is 0 Å². The van der Waals surface area contributed by atoms with Crippen molar-refractivity contribution < 1.29 is 4.74 Å². The van der Waals surface area contributed by atoms with Crippen molar-refractivity contribution in [2.45, 2.75) is 65.1 Å². The molecule has 2 heterocycles. The molecular weight excluding hydrogens is 160 g/mol. The summed E-state index contributed by atoms with van der Waals surface area (Å²) in [6.45, 7) is 7.10. The summed E-state index contributed by atoms with van der Waals surface area (Å²) >= 11 is 0. The highest BCUT2D eigenvalue weighted by molar-refractivity contribution is 4.96. The molecule has 0 aromatic heterocycles. The van der Waals surface area contributed by atoms with E-state index in [9.17, 15) is 0 Å². The molecule has 1 heteroatoms. The molecule has 13 heavy (non-hydrogen) atoms. The summed E-state index contributed by atoms with van der Waals surface area (Å²) in [6, 6.07) is 0. The molecule has 3 atom stereocenters. The second kappa shape index (κ2) is 3.27. The van der Waals surface area contributed by atoms with Gasteiger partial charge in [-0.15, -0.1) is 0 Å². The lowest BCUT2D eigenvalue weighted by atomic mass is 9.67. The first kappa shape index (κ1) is 9.51. The van der Waals surface area contributed by atoms with Crippen molar-refractivity contribution in [1.82, 2.24) is 0 Å². The first-order valence-corrected chi connectivity index (χ1v) is 5.85. The van der Waals surface area contributed by atoms with Crippen LogP contribution >= 0.6 is 0 Å². The normalized spacial score (nSPS) is 38.5. The van der Waals surface area contributed by atoms with Crippen LogP contribution in [0.3, 0.4) is 0 Å². The first-order chi connectivity index (χ1) is 6.19. The van der Waals surface area contributed by atoms with Gasteiger partial charge in [-0.2, -0.15) is 0 Å². The monoisotopic (exact) mass is 182 g/mol. The van der Waals surface area contributed by atoms with Crippen LogP contribution in [0.2, 0.25) is 0 Å². The summed E-state index contributed by atoms with van der Waals surface area (Å²) < 4.78 is 5.93. The smallest absolute Gasteiger partial charge is 0.0614 e. The van der Waals surface area contributed by atoms with Gasteiger partial charge in [0.05, 0.1) is 12.2 Å². The Morgan fingerprint density at radius 3 is 2.31 bits per heavy atom. The van der Waals surface area contributed by atoms with Gasteiger partial charge in [-0.1, -0.05) is 33.6 Å². The van der Waals surface area contributed by atoms with E-state index >= 15 is 0 Å². The van der Waals surface area contributed by atoms with Crippen LogP contribution in [0.1, 0.15) is 52.9 Å². The molecule has 0 aromatic carbocycles. The zero-order valence-corrected chi connectivity index (χ0v) is 9.18. The quantitative estimate of drug-likeness (QED) is 0.650. The lowest BCUT2D eigenvalue weighted by Gasteiger charge is -2.37. The van der Waals surface area contributed by atoms with E-state index in [4.69, 9.17) is 4.74 Å². The Bertz CT molecular complexity index is 184. The fraction of sp³-hybridized carbons (Fsp3) is 1.00. The van der Waals surface area contributed by atoms with Gasteiger partial charge in [-0.05, 0) is 30.6 Å². The third kappa shape index (κ3) is 1.41. The molecule has 0 amide bonds. The molecule has 2 aliphatic heterocycles. The maximum Gasteiger partial charge on any atom is 0.0614 e. The largest absolute Gasteiger partial charge is 0.375 e. The van der Waals surface area contributed by atoms with Crippen LogP contribution in [0, 0.1) is 11.3 Å². The summed E-state index contributed by atoms with van der Waals surface area (Å²) in [5.41, 5.74) is 0.542. The Morgan fingerprint density at radius 2 is 1.92 bits per heavy atom. The topological polar surface area (TPSA) is 9.23 Å². The maximum absolute atomic E-state index is 5.93. The molecule has 2 fully saturated rings. The van der Waals surface area contributed by atoms with Crippen LogP contribution in [0.5, 0.6) is 0 Å². The minimum Gasteiger partial charge on any atom is -0.375 e. The number of hydrogen-bond acceptors (Lipinski definition) is 1. The van der Waals surface area contributed by atoms with E-state index in [2.05, 4.69) is 20.8 Å². The zero-order valence-electron chi connectivity index (χ0n) is 9.18. The summed E-state index contributed by atoms with van der Waals surface area (Å²) in [5.74, 6) is 0.848. The third-order valence-electron chi connectivity index (χ3n) is 4.62. The molecule has 0 saturated carbocycles. The van der Waals surface area contributed by atoms with Gasteiger partial charge in [-0.25, -0.2) is 0 Å². The maximum atomic E-state index is 5.93. The van der Waals surface area contributed by atoms with Crippen molar-refractivity contribution in [3.8, 4) is 0 Å². The Morgan fingerprint density at radius 1 is 1.23 bits per heavy atom. The van der Waals surface area contributed by atoms with E-state index in [1.807, 2.05) is 0 Å². The average Bonchev–Trinajstić information content (AvgIpc) is 2.77. The predicted octanol–water partition coefficient (Wildman–Crippen LogP) is 3.38. The van der Waals surface area contributed by atoms with E-state index in [0.717, 1.165) is 5.92 Å². The lowest BCUT2D eigenvalue weighted by molar-refractivity contribution is 0.0532. The van der Waals surface area contributed by atoms with Crippen LogP contribution < -0.4 is 0 Å². The SMILES string of the molecule is CCC(C)(CC)C1CC2CCC1O2. The molecule has 2 rings (SSSR count). The summed E-state index contributed by atoms with van der Waals surface area (Å²) in [4.78, 5) is 0. The van der Waals surface area contributed by atoms with Gasteiger partial charge in [0.1, 0.15) is 0 Å². The van der Waals surface area contributed by atoms with Crippen molar-refractivity contribution in [3.05, 3.63) is 0 Å². The van der Waals surface area contributed by atoms with Crippen molar-refractivity contribution in [3.63, 3.8) is 0 Å². The lowest BCUT2D eigenvalue weighted by Crippen LogP contribution is -2.33. The number of hydrogen-bond donors (Lipinski definition) is 0. The van der Waals surface area contributed by atoms with Gasteiger partial charge >= 0.3 is 0 Å². The Labute approximate surface area is 81.9 Å². The van der Waals surface area contributed by atoms with Crippen LogP contribution in [0.15, 0.2) is 0 Å². The molecule has 2 saturated heterocycles. The van der Waals surface area contributed by atoms with Gasteiger partial charge in [0, 0.05) is 0 Å². The highest BCUT2D eigenvalue weighted by Crippen LogP contribution is 2.50. The van der Waals surface area contributed by atoms with Crippen LogP contribution in [-0.2, 0) is 4.74 Å². The fourth-order valence-corrected chi connectivity index (χ4v) is 3.15. The summed E-state index contributed by atoms with van der Waals surface area (Å²) in [7, 11) is 0. The van der Waals surface area contributed by atoms with E-state index in [0.29, 0.717) is 17.6 Å². The first-order valence-electron chi connectivity index (χ1n) is 5.85. The number of fused-ring (bicyclic) bond motifs is 2. The van der Waals surface area contributed by atoms with Gasteiger partial charge in [0.2, 0.25) is 0 Å². The van der Waals surface area contributed by atoms with Crippen molar-refractivity contribution in [1.29, 1.82) is 0 Å². The van der Waals surface area contributed by atoms with Gasteiger partial charge in [0.15, 0.2) is 0 Å². The number of ether oxygens (including phenoxy) is 1. The molecule has 3 unspecified atom stereocenters. The minimum atomic E-state index is 0.542. The van der Waals surface area contributed by atoms with Crippen LogP contribution in [0.4, 0.5) is 0 Å². The van der Waals surface area contributed by atoms with Crippen molar-refractivity contribution in [2.24, 2.45) is 11.3 Å². The molecule has 0 aliphatic carbocycles. The molecular formula is C12H22O. The Balaban J connectivity index is 2.08. The van der Waals surface area contributed by atoms with Crippen LogP contribution in [0.25, 0.3) is 0 Å². The second-order valence-electron chi connectivity index (χ2n) is 5.08. The molecule has 0 radical (unpaired) electrons. The highest BCUT2D eigenvalue weighted by atomic mass is 16.5. The molecule has 0 spiro atoms. The summed E-state index contributed by atoms with van der Waals surface area (Å²) in [5, 5.41) is 0. The molecule has 2 aliphatic rings.